The highest BCUT2D eigenvalue weighted by Crippen LogP contribution is 2.31. The number of likely N-dealkylation sites (N-methyl/N-ethyl adjacent to an activating group) is 1. The van der Waals surface area contributed by atoms with E-state index in [2.05, 4.69) is 5.32 Å². The molecule has 1 unspecified atom stereocenters. The molecule has 0 saturated carbocycles. The maximum Gasteiger partial charge on any atom is 0.127 e. The highest BCUT2D eigenvalue weighted by Gasteiger charge is 2.17. The summed E-state index contributed by atoms with van der Waals surface area (Å²) in [6.07, 6.45) is 0.484. The fourth-order valence-electron chi connectivity index (χ4n) is 2.25. The van der Waals surface area contributed by atoms with Gasteiger partial charge in [-0.05, 0) is 43.3 Å². The van der Waals surface area contributed by atoms with E-state index in [9.17, 15) is 4.39 Å². The molecule has 1 atom stereocenters. The molecule has 5 heteroatoms. The Balaban J connectivity index is 2.32. The van der Waals surface area contributed by atoms with E-state index in [1.54, 1.807) is 31.4 Å². The average Bonchev–Trinajstić information content (AvgIpc) is 2.47. The monoisotopic (exact) mass is 327 g/mol. The van der Waals surface area contributed by atoms with Crippen LogP contribution in [0.4, 0.5) is 4.39 Å². The van der Waals surface area contributed by atoms with E-state index in [4.69, 9.17) is 27.9 Å². The summed E-state index contributed by atoms with van der Waals surface area (Å²) in [5.74, 6) is 0.368. The molecule has 0 amide bonds. The summed E-state index contributed by atoms with van der Waals surface area (Å²) in [6, 6.07) is 10.0. The van der Waals surface area contributed by atoms with Gasteiger partial charge in [0.1, 0.15) is 11.6 Å². The van der Waals surface area contributed by atoms with Crippen molar-refractivity contribution in [3.05, 3.63) is 63.4 Å². The molecule has 112 valence electrons. The van der Waals surface area contributed by atoms with Crippen LogP contribution in [-0.4, -0.2) is 14.2 Å². The highest BCUT2D eigenvalue weighted by molar-refractivity contribution is 6.30. The zero-order valence-electron chi connectivity index (χ0n) is 11.8. The average molecular weight is 328 g/mol. The summed E-state index contributed by atoms with van der Waals surface area (Å²) < 4.78 is 19.3. The van der Waals surface area contributed by atoms with Crippen molar-refractivity contribution >= 4 is 23.2 Å². The van der Waals surface area contributed by atoms with Gasteiger partial charge < -0.3 is 10.1 Å². The molecule has 0 aliphatic rings. The summed E-state index contributed by atoms with van der Waals surface area (Å²) >= 11 is 11.8. The maximum absolute atomic E-state index is 13.9. The minimum Gasteiger partial charge on any atom is -0.496 e. The predicted molar refractivity (Wildman–Crippen MR) is 84.9 cm³/mol. The number of ether oxygens (including phenoxy) is 1. The topological polar surface area (TPSA) is 21.3 Å². The Morgan fingerprint density at radius 1 is 1.14 bits per heavy atom. The van der Waals surface area contributed by atoms with Crippen molar-refractivity contribution in [1.29, 1.82) is 0 Å². The van der Waals surface area contributed by atoms with Crippen molar-refractivity contribution in [2.24, 2.45) is 0 Å². The van der Waals surface area contributed by atoms with Crippen LogP contribution in [0.25, 0.3) is 0 Å². The van der Waals surface area contributed by atoms with Gasteiger partial charge in [0.25, 0.3) is 0 Å². The number of hydrogen-bond acceptors (Lipinski definition) is 2. The first-order valence-corrected chi connectivity index (χ1v) is 7.25. The third-order valence-corrected chi connectivity index (χ3v) is 3.83. The number of hydrogen-bond donors (Lipinski definition) is 1. The quantitative estimate of drug-likeness (QED) is 0.863. The number of methoxy groups -OCH3 is 1. The van der Waals surface area contributed by atoms with Crippen molar-refractivity contribution in [1.82, 2.24) is 5.32 Å². The predicted octanol–water partition coefficient (Wildman–Crippen LogP) is 4.64. The van der Waals surface area contributed by atoms with Crippen LogP contribution in [0.1, 0.15) is 17.2 Å². The van der Waals surface area contributed by atoms with Crippen LogP contribution < -0.4 is 10.1 Å². The fraction of sp³-hybridized carbons (Fsp3) is 0.250. The highest BCUT2D eigenvalue weighted by atomic mass is 35.5. The number of benzene rings is 2. The first-order valence-electron chi connectivity index (χ1n) is 6.49. The normalized spacial score (nSPS) is 12.2. The van der Waals surface area contributed by atoms with E-state index in [1.807, 2.05) is 13.1 Å². The van der Waals surface area contributed by atoms with Gasteiger partial charge in [0, 0.05) is 21.7 Å². The van der Waals surface area contributed by atoms with Crippen molar-refractivity contribution < 1.29 is 9.13 Å². The van der Waals surface area contributed by atoms with Crippen LogP contribution in [0.5, 0.6) is 5.75 Å². The summed E-state index contributed by atoms with van der Waals surface area (Å²) in [5, 5.41) is 4.17. The molecule has 2 aromatic rings. The van der Waals surface area contributed by atoms with E-state index in [0.717, 1.165) is 5.56 Å². The van der Waals surface area contributed by atoms with E-state index in [-0.39, 0.29) is 11.9 Å². The van der Waals surface area contributed by atoms with Crippen LogP contribution in [0, 0.1) is 5.82 Å². The Morgan fingerprint density at radius 2 is 1.81 bits per heavy atom. The standard InChI is InChI=1S/C16H16Cl2FNO/c1-20-15(7-10-3-4-11(17)8-14(10)19)13-6-5-12(18)9-16(13)21-2/h3-6,8-9,15,20H,7H2,1-2H3. The van der Waals surface area contributed by atoms with Gasteiger partial charge in [-0.1, -0.05) is 35.3 Å². The lowest BCUT2D eigenvalue weighted by molar-refractivity contribution is 0.400. The SMILES string of the molecule is CNC(Cc1ccc(Cl)cc1F)c1ccc(Cl)cc1OC. The Hall–Kier alpha value is -1.29. The van der Waals surface area contributed by atoms with Crippen molar-refractivity contribution in [3.63, 3.8) is 0 Å². The molecule has 0 saturated heterocycles. The van der Waals surface area contributed by atoms with Crippen molar-refractivity contribution in [3.8, 4) is 5.75 Å². The van der Waals surface area contributed by atoms with Gasteiger partial charge in [0.15, 0.2) is 0 Å². The zero-order chi connectivity index (χ0) is 15.4. The molecule has 0 aliphatic heterocycles. The summed E-state index contributed by atoms with van der Waals surface area (Å²) in [7, 11) is 3.41. The molecule has 2 aromatic carbocycles. The lowest BCUT2D eigenvalue weighted by atomic mass is 9.98. The van der Waals surface area contributed by atoms with Crippen LogP contribution in [0.2, 0.25) is 10.0 Å². The van der Waals surface area contributed by atoms with Crippen LogP contribution in [-0.2, 0) is 6.42 Å². The molecule has 0 aliphatic carbocycles. The van der Waals surface area contributed by atoms with Crippen LogP contribution in [0.15, 0.2) is 36.4 Å². The Labute approximate surface area is 133 Å². The van der Waals surface area contributed by atoms with Gasteiger partial charge in [0.05, 0.1) is 7.11 Å². The van der Waals surface area contributed by atoms with E-state index >= 15 is 0 Å². The van der Waals surface area contributed by atoms with Crippen LogP contribution >= 0.6 is 23.2 Å². The summed E-state index contributed by atoms with van der Waals surface area (Å²) in [6.45, 7) is 0. The molecule has 2 rings (SSSR count). The lowest BCUT2D eigenvalue weighted by Gasteiger charge is -2.20. The van der Waals surface area contributed by atoms with E-state index < -0.39 is 0 Å². The second-order valence-electron chi connectivity index (χ2n) is 4.67. The van der Waals surface area contributed by atoms with Crippen molar-refractivity contribution in [2.75, 3.05) is 14.2 Å². The van der Waals surface area contributed by atoms with Gasteiger partial charge >= 0.3 is 0 Å². The zero-order valence-corrected chi connectivity index (χ0v) is 13.3. The first-order chi connectivity index (χ1) is 10.0. The van der Waals surface area contributed by atoms with Crippen molar-refractivity contribution in [2.45, 2.75) is 12.5 Å². The Bertz CT molecular complexity index is 634. The molecule has 0 fully saturated rings. The molecule has 21 heavy (non-hydrogen) atoms. The number of halogens is 3. The molecule has 0 radical (unpaired) electrons. The third-order valence-electron chi connectivity index (χ3n) is 3.36. The van der Waals surface area contributed by atoms with Gasteiger partial charge in [-0.25, -0.2) is 4.39 Å². The molecular formula is C16H16Cl2FNO. The fourth-order valence-corrected chi connectivity index (χ4v) is 2.57. The molecular weight excluding hydrogens is 312 g/mol. The Morgan fingerprint density at radius 3 is 2.43 bits per heavy atom. The number of nitrogens with one attached hydrogen (secondary N) is 1. The second-order valence-corrected chi connectivity index (χ2v) is 5.54. The summed E-state index contributed by atoms with van der Waals surface area (Å²) in [4.78, 5) is 0. The van der Waals surface area contributed by atoms with E-state index in [0.29, 0.717) is 27.8 Å². The van der Waals surface area contributed by atoms with E-state index in [1.165, 1.54) is 6.07 Å². The van der Waals surface area contributed by atoms with Gasteiger partial charge in [-0.3, -0.25) is 0 Å². The number of rotatable bonds is 5. The minimum absolute atomic E-state index is 0.0899. The van der Waals surface area contributed by atoms with Gasteiger partial charge in [-0.2, -0.15) is 0 Å². The second kappa shape index (κ2) is 7.12. The lowest BCUT2D eigenvalue weighted by Crippen LogP contribution is -2.20. The Kier molecular flexibility index (Phi) is 5.45. The van der Waals surface area contributed by atoms with Crippen LogP contribution in [0.3, 0.4) is 0 Å². The minimum atomic E-state index is -0.310. The largest absolute Gasteiger partial charge is 0.496 e. The molecule has 2 nitrogen and oxygen atoms in total. The molecule has 0 spiro atoms. The molecule has 0 bridgehead atoms. The summed E-state index contributed by atoms with van der Waals surface area (Å²) in [5.41, 5.74) is 1.52. The third kappa shape index (κ3) is 3.88. The smallest absolute Gasteiger partial charge is 0.127 e. The molecule has 0 heterocycles. The molecule has 0 aromatic heterocycles. The van der Waals surface area contributed by atoms with Gasteiger partial charge in [-0.15, -0.1) is 0 Å². The first kappa shape index (κ1) is 16.1. The van der Waals surface area contributed by atoms with Gasteiger partial charge in [0.2, 0.25) is 0 Å². The maximum atomic E-state index is 13.9. The molecule has 1 N–H and O–H groups in total.